The second-order valence-corrected chi connectivity index (χ2v) is 16.3. The van der Waals surface area contributed by atoms with Gasteiger partial charge in [0.2, 0.25) is 0 Å². The van der Waals surface area contributed by atoms with E-state index in [-0.39, 0.29) is 6.10 Å². The number of rotatable bonds is 7. The van der Waals surface area contributed by atoms with Gasteiger partial charge in [-0.25, -0.2) is 0 Å². The van der Waals surface area contributed by atoms with Gasteiger partial charge in [-0.05, 0) is 0 Å². The fourth-order valence-corrected chi connectivity index (χ4v) is 18.6. The average molecular weight is 358 g/mol. The van der Waals surface area contributed by atoms with Crippen LogP contribution in [0.1, 0.15) is 55.4 Å². The van der Waals surface area contributed by atoms with Gasteiger partial charge in [-0.3, -0.25) is 0 Å². The Morgan fingerprint density at radius 1 is 0.778 bits per heavy atom. The molecular formula is C12H30O4SiZr. The minimum atomic E-state index is -4.82. The van der Waals surface area contributed by atoms with Gasteiger partial charge >= 0.3 is 120 Å². The van der Waals surface area contributed by atoms with Crippen molar-refractivity contribution >= 4 is 8.32 Å². The van der Waals surface area contributed by atoms with Crippen molar-refractivity contribution in [2.45, 2.75) is 78.1 Å². The maximum absolute atomic E-state index is 10.1. The predicted molar refractivity (Wildman–Crippen MR) is 72.8 cm³/mol. The summed E-state index contributed by atoms with van der Waals surface area (Å²) >= 11 is -4.82. The molecule has 2 N–H and O–H groups in total. The van der Waals surface area contributed by atoms with E-state index in [0.29, 0.717) is 16.6 Å². The van der Waals surface area contributed by atoms with Crippen LogP contribution in [-0.4, -0.2) is 20.8 Å². The van der Waals surface area contributed by atoms with Gasteiger partial charge in [0, 0.05) is 0 Å². The molecule has 0 heterocycles. The molecule has 0 saturated heterocycles. The zero-order valence-electron chi connectivity index (χ0n) is 13.0. The van der Waals surface area contributed by atoms with Crippen LogP contribution in [0.3, 0.4) is 0 Å². The summed E-state index contributed by atoms with van der Waals surface area (Å²) in [4.78, 5) is 0. The van der Waals surface area contributed by atoms with E-state index >= 15 is 0 Å². The van der Waals surface area contributed by atoms with E-state index in [1.54, 1.807) is 13.8 Å². The minimum absolute atomic E-state index is 0.214. The molecular weight excluding hydrogens is 327 g/mol. The first-order valence-electron chi connectivity index (χ1n) is 6.78. The molecule has 0 aliphatic rings. The molecule has 0 rings (SSSR count). The van der Waals surface area contributed by atoms with Gasteiger partial charge in [0.15, 0.2) is 0 Å². The Bertz CT molecular complexity index is 233. The molecule has 18 heavy (non-hydrogen) atoms. The summed E-state index contributed by atoms with van der Waals surface area (Å²) in [6.45, 7) is 16.3. The van der Waals surface area contributed by atoms with Gasteiger partial charge in [-0.15, -0.1) is 0 Å². The van der Waals surface area contributed by atoms with E-state index in [0.717, 1.165) is 0 Å². The summed E-state index contributed by atoms with van der Waals surface area (Å²) in [7, 11) is -2.26. The number of hydrogen-bond donors (Lipinski definition) is 2. The Hall–Kier alpha value is 0.940. The zero-order valence-corrected chi connectivity index (χ0v) is 16.5. The van der Waals surface area contributed by atoms with Crippen LogP contribution >= 0.6 is 0 Å². The summed E-state index contributed by atoms with van der Waals surface area (Å²) in [5, 5.41) is 0. The summed E-state index contributed by atoms with van der Waals surface area (Å²) in [5.74, 6) is 0. The standard InChI is InChI=1S/C9H21OSi.C3H7O.2H2O.Zr/c1-7(2)11(10,8(3)4)9(5)6;1-3(2)4;;;/h7-9H,1-6H3;3H,1-2H3;2*1H2;/q2*-1;;;+4/p-2. The van der Waals surface area contributed by atoms with Crippen molar-refractivity contribution in [3.63, 3.8) is 0 Å². The van der Waals surface area contributed by atoms with Crippen LogP contribution < -0.4 is 0 Å². The first-order valence-corrected chi connectivity index (χ1v) is 13.1. The van der Waals surface area contributed by atoms with E-state index in [9.17, 15) is 6.37 Å². The predicted octanol–water partition coefficient (Wildman–Crippen LogP) is 3.40. The van der Waals surface area contributed by atoms with Crippen LogP contribution in [0.4, 0.5) is 0 Å². The summed E-state index contributed by atoms with van der Waals surface area (Å²) < 4.78 is 31.5. The van der Waals surface area contributed by atoms with Crippen LogP contribution in [-0.2, 0) is 27.3 Å². The Balaban J connectivity index is 5.23. The summed E-state index contributed by atoms with van der Waals surface area (Å²) in [5.41, 5.74) is 0.968. The first kappa shape index (κ1) is 18.9. The molecule has 6 heteroatoms. The van der Waals surface area contributed by atoms with E-state index in [4.69, 9.17) is 5.32 Å². The van der Waals surface area contributed by atoms with Crippen molar-refractivity contribution < 1.29 is 33.7 Å². The summed E-state index contributed by atoms with van der Waals surface area (Å²) in [6, 6.07) is 0. The molecule has 0 atom stereocenters. The van der Waals surface area contributed by atoms with E-state index in [1.165, 1.54) is 0 Å². The average Bonchev–Trinajstić information content (AvgIpc) is 2.10. The molecule has 0 spiro atoms. The fraction of sp³-hybridized carbons (Fsp3) is 1.00. The quantitative estimate of drug-likeness (QED) is 0.686. The second kappa shape index (κ2) is 7.09. The molecule has 0 aromatic heterocycles. The van der Waals surface area contributed by atoms with E-state index in [1.807, 2.05) is 0 Å². The van der Waals surface area contributed by atoms with Crippen LogP contribution in [0.25, 0.3) is 0 Å². The van der Waals surface area contributed by atoms with Crippen molar-refractivity contribution in [2.75, 3.05) is 0 Å². The van der Waals surface area contributed by atoms with Crippen molar-refractivity contribution in [3.05, 3.63) is 0 Å². The van der Waals surface area contributed by atoms with Crippen molar-refractivity contribution in [1.29, 1.82) is 0 Å². The third-order valence-electron chi connectivity index (χ3n) is 3.41. The molecule has 0 amide bonds. The molecule has 0 saturated carbocycles. The number of hydrogen-bond acceptors (Lipinski definition) is 4. The molecule has 110 valence electrons. The molecule has 0 aliphatic heterocycles. The Labute approximate surface area is 120 Å². The van der Waals surface area contributed by atoms with Gasteiger partial charge in [-0.2, -0.15) is 0 Å². The van der Waals surface area contributed by atoms with Gasteiger partial charge in [0.05, 0.1) is 0 Å². The molecule has 0 bridgehead atoms. The first-order chi connectivity index (χ1) is 7.95. The molecule has 0 aromatic rings. The maximum atomic E-state index is 10.1. The van der Waals surface area contributed by atoms with Gasteiger partial charge in [0.25, 0.3) is 0 Å². The van der Waals surface area contributed by atoms with Crippen molar-refractivity contribution in [1.82, 2.24) is 0 Å². The van der Waals surface area contributed by atoms with Gasteiger partial charge in [-0.1, -0.05) is 0 Å². The molecule has 0 unspecified atom stereocenters. The molecule has 0 fully saturated rings. The van der Waals surface area contributed by atoms with Crippen LogP contribution in [0, 0.1) is 0 Å². The van der Waals surface area contributed by atoms with Crippen LogP contribution in [0.2, 0.25) is 16.6 Å². The Morgan fingerprint density at radius 2 is 1.11 bits per heavy atom. The second-order valence-electron chi connectivity index (χ2n) is 6.13. The topological polar surface area (TPSA) is 58.9 Å². The third kappa shape index (κ3) is 4.80. The van der Waals surface area contributed by atoms with Crippen molar-refractivity contribution in [2.24, 2.45) is 0 Å². The molecule has 4 nitrogen and oxygen atoms in total. The Morgan fingerprint density at radius 3 is 1.33 bits per heavy atom. The van der Waals surface area contributed by atoms with Crippen LogP contribution in [0.5, 0.6) is 0 Å². The zero-order chi connectivity index (χ0) is 14.7. The van der Waals surface area contributed by atoms with Gasteiger partial charge < -0.3 is 0 Å². The van der Waals surface area contributed by atoms with E-state index in [2.05, 4.69) is 41.5 Å². The SMILES string of the molecule is CC(C)[O][Zr]([OH])([OH])[O][Si](C(C)C)(C(C)C)C(C)C. The van der Waals surface area contributed by atoms with Crippen LogP contribution in [0.15, 0.2) is 0 Å². The van der Waals surface area contributed by atoms with E-state index < -0.39 is 30.3 Å². The molecule has 0 aromatic carbocycles. The molecule has 0 radical (unpaired) electrons. The summed E-state index contributed by atoms with van der Waals surface area (Å²) in [6.07, 6.45) is -0.214. The van der Waals surface area contributed by atoms with Gasteiger partial charge in [0.1, 0.15) is 0 Å². The van der Waals surface area contributed by atoms with Crippen molar-refractivity contribution in [3.8, 4) is 0 Å². The third-order valence-corrected chi connectivity index (χ3v) is 15.9. The molecule has 0 aliphatic carbocycles. The Kier molecular flexibility index (Phi) is 7.46. The normalized spacial score (nSPS) is 14.3. The monoisotopic (exact) mass is 356 g/mol. The fourth-order valence-electron chi connectivity index (χ4n) is 2.91.